The van der Waals surface area contributed by atoms with Crippen LogP contribution in [0.3, 0.4) is 0 Å². The normalized spacial score (nSPS) is 10.2. The Morgan fingerprint density at radius 1 is 1.41 bits per heavy atom. The van der Waals surface area contributed by atoms with Crippen molar-refractivity contribution >= 4 is 17.2 Å². The molecule has 0 fully saturated rings. The minimum Gasteiger partial charge on any atom is -0.496 e. The molecule has 2 N–H and O–H groups in total. The average molecular weight is 253 g/mol. The molecule has 0 aromatic heterocycles. The van der Waals surface area contributed by atoms with Gasteiger partial charge in [0.1, 0.15) is 10.7 Å². The van der Waals surface area contributed by atoms with E-state index in [0.717, 1.165) is 30.6 Å². The molecule has 1 aromatic carbocycles. The Balaban J connectivity index is 2.68. The van der Waals surface area contributed by atoms with Crippen LogP contribution in [0.5, 0.6) is 5.75 Å². The molecule has 0 saturated carbocycles. The summed E-state index contributed by atoms with van der Waals surface area (Å²) in [5, 5.41) is 0. The van der Waals surface area contributed by atoms with Crippen molar-refractivity contribution in [2.45, 2.75) is 26.4 Å². The van der Waals surface area contributed by atoms with Gasteiger partial charge >= 0.3 is 0 Å². The van der Waals surface area contributed by atoms with E-state index in [4.69, 9.17) is 27.4 Å². The second kappa shape index (κ2) is 7.25. The SMILES string of the molecule is CCCCOCc1ccc(OC)c(C(N)=S)c1. The molecule has 0 aliphatic heterocycles. The molecule has 0 amide bonds. The van der Waals surface area contributed by atoms with E-state index >= 15 is 0 Å². The Morgan fingerprint density at radius 2 is 2.18 bits per heavy atom. The summed E-state index contributed by atoms with van der Waals surface area (Å²) >= 11 is 4.99. The minimum atomic E-state index is 0.345. The third kappa shape index (κ3) is 4.32. The van der Waals surface area contributed by atoms with Crippen molar-refractivity contribution in [3.63, 3.8) is 0 Å². The zero-order valence-corrected chi connectivity index (χ0v) is 11.2. The fourth-order valence-corrected chi connectivity index (χ4v) is 1.63. The van der Waals surface area contributed by atoms with Crippen molar-refractivity contribution < 1.29 is 9.47 Å². The van der Waals surface area contributed by atoms with Crippen LogP contribution in [0.25, 0.3) is 0 Å². The summed E-state index contributed by atoms with van der Waals surface area (Å²) < 4.78 is 10.7. The van der Waals surface area contributed by atoms with Gasteiger partial charge in [-0.1, -0.05) is 31.6 Å². The van der Waals surface area contributed by atoms with Gasteiger partial charge in [0.25, 0.3) is 0 Å². The Bertz CT molecular complexity index is 380. The lowest BCUT2D eigenvalue weighted by atomic mass is 10.1. The quantitative estimate of drug-likeness (QED) is 0.599. The number of thiocarbonyl (C=S) groups is 1. The predicted octanol–water partition coefficient (Wildman–Crippen LogP) is 2.65. The van der Waals surface area contributed by atoms with Crippen LogP contribution < -0.4 is 10.5 Å². The Labute approximate surface area is 108 Å². The Kier molecular flexibility index (Phi) is 5.94. The number of unbranched alkanes of at least 4 members (excludes halogenated alkanes) is 1. The molecule has 17 heavy (non-hydrogen) atoms. The number of hydrogen-bond donors (Lipinski definition) is 1. The van der Waals surface area contributed by atoms with E-state index in [1.807, 2.05) is 18.2 Å². The molecule has 0 heterocycles. The zero-order valence-electron chi connectivity index (χ0n) is 10.4. The number of methoxy groups -OCH3 is 1. The van der Waals surface area contributed by atoms with E-state index < -0.39 is 0 Å². The topological polar surface area (TPSA) is 44.5 Å². The summed E-state index contributed by atoms with van der Waals surface area (Å²) in [5.74, 6) is 0.704. The average Bonchev–Trinajstić information content (AvgIpc) is 2.34. The van der Waals surface area contributed by atoms with Gasteiger partial charge in [-0.15, -0.1) is 0 Å². The van der Waals surface area contributed by atoms with Crippen LogP contribution in [0.4, 0.5) is 0 Å². The third-order valence-corrected chi connectivity index (χ3v) is 2.66. The lowest BCUT2D eigenvalue weighted by Gasteiger charge is -2.10. The molecule has 0 radical (unpaired) electrons. The number of benzene rings is 1. The van der Waals surface area contributed by atoms with E-state index in [0.29, 0.717) is 17.3 Å². The second-order valence-corrected chi connectivity index (χ2v) is 4.24. The molecule has 0 unspecified atom stereocenters. The van der Waals surface area contributed by atoms with Gasteiger partial charge in [-0.3, -0.25) is 0 Å². The smallest absolute Gasteiger partial charge is 0.129 e. The van der Waals surface area contributed by atoms with Crippen LogP contribution in [0, 0.1) is 0 Å². The van der Waals surface area contributed by atoms with Gasteiger partial charge in [-0.05, 0) is 24.1 Å². The standard InChI is InChI=1S/C13H19NO2S/c1-3-4-7-16-9-10-5-6-12(15-2)11(8-10)13(14)17/h5-6,8H,3-4,7,9H2,1-2H3,(H2,14,17). The first-order chi connectivity index (χ1) is 8.19. The highest BCUT2D eigenvalue weighted by Crippen LogP contribution is 2.20. The van der Waals surface area contributed by atoms with Crippen LogP contribution in [0.2, 0.25) is 0 Å². The molecule has 0 aliphatic rings. The lowest BCUT2D eigenvalue weighted by molar-refractivity contribution is 0.118. The summed E-state index contributed by atoms with van der Waals surface area (Å²) in [6.07, 6.45) is 2.22. The molecule has 0 atom stereocenters. The van der Waals surface area contributed by atoms with Crippen molar-refractivity contribution in [3.8, 4) is 5.75 Å². The van der Waals surface area contributed by atoms with Gasteiger partial charge in [0.2, 0.25) is 0 Å². The first kappa shape index (κ1) is 13.9. The first-order valence-electron chi connectivity index (χ1n) is 5.73. The molecule has 0 spiro atoms. The maximum absolute atomic E-state index is 5.65. The van der Waals surface area contributed by atoms with Gasteiger partial charge in [0.15, 0.2) is 0 Å². The van der Waals surface area contributed by atoms with Crippen molar-refractivity contribution in [2.24, 2.45) is 5.73 Å². The molecule has 0 saturated heterocycles. The molecular weight excluding hydrogens is 234 g/mol. The number of rotatable bonds is 7. The molecule has 3 nitrogen and oxygen atoms in total. The summed E-state index contributed by atoms with van der Waals surface area (Å²) in [6.45, 7) is 3.51. The fourth-order valence-electron chi connectivity index (χ4n) is 1.47. The first-order valence-corrected chi connectivity index (χ1v) is 6.14. The van der Waals surface area contributed by atoms with Crippen LogP contribution in [-0.4, -0.2) is 18.7 Å². The van der Waals surface area contributed by atoms with E-state index in [-0.39, 0.29) is 0 Å². The van der Waals surface area contributed by atoms with Gasteiger partial charge in [0, 0.05) is 6.61 Å². The molecule has 0 bridgehead atoms. The van der Waals surface area contributed by atoms with Gasteiger partial charge in [-0.2, -0.15) is 0 Å². The molecular formula is C13H19NO2S. The van der Waals surface area contributed by atoms with Crippen molar-refractivity contribution in [3.05, 3.63) is 29.3 Å². The molecule has 1 rings (SSSR count). The highest BCUT2D eigenvalue weighted by Gasteiger charge is 2.06. The maximum atomic E-state index is 5.65. The molecule has 0 aliphatic carbocycles. The lowest BCUT2D eigenvalue weighted by Crippen LogP contribution is -2.11. The van der Waals surface area contributed by atoms with Crippen LogP contribution >= 0.6 is 12.2 Å². The van der Waals surface area contributed by atoms with E-state index in [2.05, 4.69) is 6.92 Å². The van der Waals surface area contributed by atoms with Crippen molar-refractivity contribution in [1.82, 2.24) is 0 Å². The summed E-state index contributed by atoms with van der Waals surface area (Å²) in [4.78, 5) is 0.345. The highest BCUT2D eigenvalue weighted by molar-refractivity contribution is 7.80. The molecule has 1 aromatic rings. The van der Waals surface area contributed by atoms with Crippen LogP contribution in [0.1, 0.15) is 30.9 Å². The maximum Gasteiger partial charge on any atom is 0.129 e. The molecule has 94 valence electrons. The van der Waals surface area contributed by atoms with Gasteiger partial charge in [-0.25, -0.2) is 0 Å². The Hall–Kier alpha value is -1.13. The highest BCUT2D eigenvalue weighted by atomic mass is 32.1. The van der Waals surface area contributed by atoms with Crippen LogP contribution in [0.15, 0.2) is 18.2 Å². The zero-order chi connectivity index (χ0) is 12.7. The van der Waals surface area contributed by atoms with E-state index in [1.54, 1.807) is 7.11 Å². The van der Waals surface area contributed by atoms with Crippen molar-refractivity contribution in [2.75, 3.05) is 13.7 Å². The van der Waals surface area contributed by atoms with E-state index in [9.17, 15) is 0 Å². The van der Waals surface area contributed by atoms with Crippen molar-refractivity contribution in [1.29, 1.82) is 0 Å². The number of nitrogens with two attached hydrogens (primary N) is 1. The largest absolute Gasteiger partial charge is 0.496 e. The second-order valence-electron chi connectivity index (χ2n) is 3.81. The summed E-state index contributed by atoms with van der Waals surface area (Å²) in [6, 6.07) is 5.76. The van der Waals surface area contributed by atoms with Gasteiger partial charge < -0.3 is 15.2 Å². The number of hydrogen-bond acceptors (Lipinski definition) is 3. The summed E-state index contributed by atoms with van der Waals surface area (Å²) in [5.41, 5.74) is 7.47. The van der Waals surface area contributed by atoms with Crippen LogP contribution in [-0.2, 0) is 11.3 Å². The minimum absolute atomic E-state index is 0.345. The number of ether oxygens (including phenoxy) is 2. The van der Waals surface area contributed by atoms with Gasteiger partial charge in [0.05, 0.1) is 19.3 Å². The Morgan fingerprint density at radius 3 is 2.76 bits per heavy atom. The molecule has 4 heteroatoms. The predicted molar refractivity (Wildman–Crippen MR) is 73.4 cm³/mol. The fraction of sp³-hybridized carbons (Fsp3) is 0.462. The monoisotopic (exact) mass is 253 g/mol. The summed E-state index contributed by atoms with van der Waals surface area (Å²) in [7, 11) is 1.61. The third-order valence-electron chi connectivity index (χ3n) is 2.44. The van der Waals surface area contributed by atoms with E-state index in [1.165, 1.54) is 0 Å².